The Hall–Kier alpha value is -3.86. The minimum Gasteiger partial charge on any atom is -0.326 e. The number of anilines is 4. The lowest BCUT2D eigenvalue weighted by atomic mass is 9.92. The summed E-state index contributed by atoms with van der Waals surface area (Å²) < 4.78 is 38.9. The first-order chi connectivity index (χ1) is 16.0. The number of alkyl halides is 3. The van der Waals surface area contributed by atoms with Crippen LogP contribution in [0.25, 0.3) is 0 Å². The van der Waals surface area contributed by atoms with Gasteiger partial charge in [-0.2, -0.15) is 18.2 Å². The van der Waals surface area contributed by atoms with Crippen LogP contribution in [0.5, 0.6) is 0 Å². The fourth-order valence-electron chi connectivity index (χ4n) is 3.51. The summed E-state index contributed by atoms with van der Waals surface area (Å²) in [5.41, 5.74) is -0.498. The summed E-state index contributed by atoms with van der Waals surface area (Å²) in [5.74, 6) is -2.64. The van der Waals surface area contributed by atoms with Crippen molar-refractivity contribution >= 4 is 46.6 Å². The van der Waals surface area contributed by atoms with E-state index in [9.17, 15) is 27.6 Å². The molecule has 2 aromatic carbocycles. The largest absolute Gasteiger partial charge is 0.416 e. The van der Waals surface area contributed by atoms with E-state index in [1.807, 2.05) is 0 Å². The number of carbonyl (C=O) groups is 2. The molecule has 176 valence electrons. The number of halogens is 4. The number of amides is 2. The van der Waals surface area contributed by atoms with Gasteiger partial charge in [0, 0.05) is 22.8 Å². The molecule has 0 radical (unpaired) electrons. The monoisotopic (exact) mass is 491 g/mol. The first kappa shape index (κ1) is 23.3. The van der Waals surface area contributed by atoms with Gasteiger partial charge < -0.3 is 16.0 Å². The van der Waals surface area contributed by atoms with E-state index in [1.165, 1.54) is 12.1 Å². The Bertz CT molecular complexity index is 1360. The smallest absolute Gasteiger partial charge is 0.326 e. The minimum absolute atomic E-state index is 0.0192. The van der Waals surface area contributed by atoms with E-state index in [1.54, 1.807) is 25.1 Å². The maximum absolute atomic E-state index is 13.0. The van der Waals surface area contributed by atoms with Crippen molar-refractivity contribution in [3.05, 3.63) is 74.5 Å². The molecule has 3 aromatic rings. The van der Waals surface area contributed by atoms with Crippen molar-refractivity contribution < 1.29 is 22.8 Å². The van der Waals surface area contributed by atoms with E-state index in [0.717, 1.165) is 17.7 Å². The number of aromatic nitrogens is 2. The van der Waals surface area contributed by atoms with E-state index in [2.05, 4.69) is 25.9 Å². The molecule has 0 saturated carbocycles. The van der Waals surface area contributed by atoms with Gasteiger partial charge in [-0.25, -0.2) is 0 Å². The Morgan fingerprint density at radius 2 is 1.94 bits per heavy atom. The van der Waals surface area contributed by atoms with Gasteiger partial charge in [0.05, 0.1) is 17.0 Å². The molecule has 0 saturated heterocycles. The third-order valence-corrected chi connectivity index (χ3v) is 5.41. The minimum atomic E-state index is -4.55. The maximum atomic E-state index is 13.0. The molecule has 0 fully saturated rings. The van der Waals surface area contributed by atoms with Crippen molar-refractivity contribution in [2.75, 3.05) is 16.0 Å². The molecule has 1 aliphatic rings. The van der Waals surface area contributed by atoms with Gasteiger partial charge in [0.2, 0.25) is 17.8 Å². The lowest BCUT2D eigenvalue weighted by molar-refractivity contribution is -0.137. The predicted octanol–water partition coefficient (Wildman–Crippen LogP) is 4.56. The lowest BCUT2D eigenvalue weighted by Crippen LogP contribution is -2.36. The first-order valence-electron chi connectivity index (χ1n) is 9.96. The standard InChI is InChI=1S/C22H17ClF3N5O3/c1-10-5-6-12(23)8-15(10)28-19(33)14-9-16(32)29-18-17(14)20(34)31-21(30-18)27-13-4-2-3-11(7-13)22(24,25)26/h2-8,14H,9H2,1H3,(H,28,33)(H3,27,29,30,31,32,34). The zero-order valence-corrected chi connectivity index (χ0v) is 18.3. The summed E-state index contributed by atoms with van der Waals surface area (Å²) in [6, 6.07) is 9.21. The summed E-state index contributed by atoms with van der Waals surface area (Å²) in [6.07, 6.45) is -4.84. The SMILES string of the molecule is Cc1ccc(Cl)cc1NC(=O)C1CC(=O)Nc2nc(Nc3cccc(C(F)(F)F)c3)[nH]c(=O)c21. The zero-order valence-electron chi connectivity index (χ0n) is 17.5. The second-order valence-electron chi connectivity index (χ2n) is 7.63. The molecule has 1 unspecified atom stereocenters. The van der Waals surface area contributed by atoms with Crippen molar-refractivity contribution in [2.45, 2.75) is 25.4 Å². The fraction of sp³-hybridized carbons (Fsp3) is 0.182. The van der Waals surface area contributed by atoms with Crippen molar-refractivity contribution in [1.82, 2.24) is 9.97 Å². The fourth-order valence-corrected chi connectivity index (χ4v) is 3.69. The van der Waals surface area contributed by atoms with Crippen molar-refractivity contribution in [1.29, 1.82) is 0 Å². The number of hydrogen-bond acceptors (Lipinski definition) is 5. The molecular weight excluding hydrogens is 475 g/mol. The van der Waals surface area contributed by atoms with E-state index < -0.39 is 35.0 Å². The number of hydrogen-bond donors (Lipinski definition) is 4. The Balaban J connectivity index is 1.64. The molecule has 0 bridgehead atoms. The van der Waals surface area contributed by atoms with E-state index in [-0.39, 0.29) is 29.4 Å². The molecule has 1 aliphatic heterocycles. The predicted molar refractivity (Wildman–Crippen MR) is 120 cm³/mol. The van der Waals surface area contributed by atoms with E-state index in [0.29, 0.717) is 10.7 Å². The van der Waals surface area contributed by atoms with Gasteiger partial charge >= 0.3 is 6.18 Å². The number of nitrogens with zero attached hydrogens (tertiary/aromatic N) is 1. The molecule has 4 rings (SSSR count). The number of benzene rings is 2. The van der Waals surface area contributed by atoms with Crippen LogP contribution in [-0.4, -0.2) is 21.8 Å². The average molecular weight is 492 g/mol. The van der Waals surface area contributed by atoms with Gasteiger partial charge in [-0.15, -0.1) is 0 Å². The van der Waals surface area contributed by atoms with Crippen LogP contribution in [-0.2, 0) is 15.8 Å². The van der Waals surface area contributed by atoms with Crippen LogP contribution in [0.1, 0.15) is 29.0 Å². The topological polar surface area (TPSA) is 116 Å². The van der Waals surface area contributed by atoms with Crippen molar-refractivity contribution in [3.63, 3.8) is 0 Å². The highest BCUT2D eigenvalue weighted by molar-refractivity contribution is 6.31. The molecule has 12 heteroatoms. The van der Waals surface area contributed by atoms with Crippen LogP contribution in [0.2, 0.25) is 5.02 Å². The molecule has 0 spiro atoms. The van der Waals surface area contributed by atoms with Gasteiger partial charge in [0.15, 0.2) is 0 Å². The second-order valence-corrected chi connectivity index (χ2v) is 8.07. The molecule has 1 atom stereocenters. The van der Waals surface area contributed by atoms with Gasteiger partial charge in [-0.1, -0.05) is 23.7 Å². The lowest BCUT2D eigenvalue weighted by Gasteiger charge is -2.24. The Labute approximate surface area is 195 Å². The highest BCUT2D eigenvalue weighted by Crippen LogP contribution is 2.33. The van der Waals surface area contributed by atoms with Crippen LogP contribution < -0.4 is 21.5 Å². The number of carbonyl (C=O) groups excluding carboxylic acids is 2. The maximum Gasteiger partial charge on any atom is 0.416 e. The summed E-state index contributed by atoms with van der Waals surface area (Å²) in [6.45, 7) is 1.76. The van der Waals surface area contributed by atoms with Crippen molar-refractivity contribution in [2.24, 2.45) is 0 Å². The van der Waals surface area contributed by atoms with Gasteiger partial charge in [-0.3, -0.25) is 19.4 Å². The van der Waals surface area contributed by atoms with Crippen LogP contribution in [0, 0.1) is 6.92 Å². The molecule has 8 nitrogen and oxygen atoms in total. The van der Waals surface area contributed by atoms with Crippen LogP contribution >= 0.6 is 11.6 Å². The number of fused-ring (bicyclic) bond motifs is 1. The Morgan fingerprint density at radius 1 is 1.18 bits per heavy atom. The molecular formula is C22H17ClF3N5O3. The van der Waals surface area contributed by atoms with Crippen molar-refractivity contribution in [3.8, 4) is 0 Å². The molecule has 1 aromatic heterocycles. The number of aromatic amines is 1. The summed E-state index contributed by atoms with van der Waals surface area (Å²) in [5, 5.41) is 8.10. The Morgan fingerprint density at radius 3 is 2.68 bits per heavy atom. The van der Waals surface area contributed by atoms with E-state index >= 15 is 0 Å². The number of aryl methyl sites for hydroxylation is 1. The van der Waals surface area contributed by atoms with Gasteiger partial charge in [0.25, 0.3) is 5.56 Å². The third kappa shape index (κ3) is 4.88. The Kier molecular flexibility index (Phi) is 6.05. The van der Waals surface area contributed by atoms with Gasteiger partial charge in [-0.05, 0) is 42.8 Å². The van der Waals surface area contributed by atoms with E-state index in [4.69, 9.17) is 11.6 Å². The zero-order chi connectivity index (χ0) is 24.6. The average Bonchev–Trinajstić information content (AvgIpc) is 2.75. The summed E-state index contributed by atoms with van der Waals surface area (Å²) in [4.78, 5) is 44.5. The molecule has 0 aliphatic carbocycles. The number of rotatable bonds is 4. The van der Waals surface area contributed by atoms with Gasteiger partial charge in [0.1, 0.15) is 5.82 Å². The summed E-state index contributed by atoms with van der Waals surface area (Å²) >= 11 is 5.98. The van der Waals surface area contributed by atoms with Crippen LogP contribution in [0.4, 0.5) is 36.3 Å². The molecule has 2 amide bonds. The molecule has 4 N–H and O–H groups in total. The highest BCUT2D eigenvalue weighted by Gasteiger charge is 2.35. The first-order valence-corrected chi connectivity index (χ1v) is 10.3. The highest BCUT2D eigenvalue weighted by atomic mass is 35.5. The molecule has 34 heavy (non-hydrogen) atoms. The van der Waals surface area contributed by atoms with Crippen LogP contribution in [0.15, 0.2) is 47.3 Å². The quantitative estimate of drug-likeness (QED) is 0.427. The van der Waals surface area contributed by atoms with Crippen LogP contribution in [0.3, 0.4) is 0 Å². The summed E-state index contributed by atoms with van der Waals surface area (Å²) in [7, 11) is 0. The second kappa shape index (κ2) is 8.82. The third-order valence-electron chi connectivity index (χ3n) is 5.18. The molecule has 2 heterocycles. The normalized spacial score (nSPS) is 15.3. The number of H-pyrrole nitrogens is 1. The number of nitrogens with one attached hydrogen (secondary N) is 4.